The van der Waals surface area contributed by atoms with Gasteiger partial charge in [-0.25, -0.2) is 0 Å². The largest absolute Gasteiger partial charge is 0.508 e. The van der Waals surface area contributed by atoms with Gasteiger partial charge in [-0.2, -0.15) is 0 Å². The van der Waals surface area contributed by atoms with Crippen LogP contribution in [0.15, 0.2) is 18.2 Å². The molecule has 70 valence electrons. The second kappa shape index (κ2) is 4.00. The predicted molar refractivity (Wildman–Crippen MR) is 46.1 cm³/mol. The van der Waals surface area contributed by atoms with Crippen LogP contribution in [-0.4, -0.2) is 22.1 Å². The number of carbonyl (C=O) groups is 1. The van der Waals surface area contributed by atoms with Gasteiger partial charge in [-0.1, -0.05) is 0 Å². The average Bonchev–Trinajstić information content (AvgIpc) is 2.02. The zero-order chi connectivity index (χ0) is 9.84. The molecule has 0 aliphatic rings. The van der Waals surface area contributed by atoms with Crippen LogP contribution in [0, 0.1) is 0 Å². The van der Waals surface area contributed by atoms with E-state index in [4.69, 9.17) is 21.8 Å². The Morgan fingerprint density at radius 2 is 1.85 bits per heavy atom. The summed E-state index contributed by atoms with van der Waals surface area (Å²) in [6.07, 6.45) is 0. The summed E-state index contributed by atoms with van der Waals surface area (Å²) in [5.74, 6) is -1.24. The Bertz CT molecular complexity index is 304. The molecule has 5 heteroatoms. The summed E-state index contributed by atoms with van der Waals surface area (Å²) in [5.41, 5.74) is 0. The van der Waals surface area contributed by atoms with E-state index in [2.05, 4.69) is 4.74 Å². The van der Waals surface area contributed by atoms with Crippen LogP contribution in [0.2, 0.25) is 0 Å². The third-order valence-electron chi connectivity index (χ3n) is 1.22. The van der Waals surface area contributed by atoms with Gasteiger partial charge < -0.3 is 14.9 Å². The summed E-state index contributed by atoms with van der Waals surface area (Å²) in [7, 11) is 0. The number of phenols is 2. The molecule has 1 rings (SSSR count). The highest BCUT2D eigenvalue weighted by Crippen LogP contribution is 2.25. The van der Waals surface area contributed by atoms with Crippen LogP contribution < -0.4 is 4.74 Å². The lowest BCUT2D eigenvalue weighted by molar-refractivity contribution is -0.131. The van der Waals surface area contributed by atoms with E-state index in [1.807, 2.05) is 0 Å². The SMILES string of the molecule is O=C(CCl)Oc1cc(O)cc(O)c1. The first-order valence-corrected chi connectivity index (χ1v) is 3.95. The van der Waals surface area contributed by atoms with Crippen molar-refractivity contribution in [3.63, 3.8) is 0 Å². The minimum absolute atomic E-state index is 0.0585. The predicted octanol–water partition coefficient (Wildman–Crippen LogP) is 1.24. The van der Waals surface area contributed by atoms with E-state index in [-0.39, 0.29) is 23.1 Å². The van der Waals surface area contributed by atoms with Crippen molar-refractivity contribution in [2.75, 3.05) is 5.88 Å². The van der Waals surface area contributed by atoms with Crippen LogP contribution in [0.1, 0.15) is 0 Å². The molecule has 4 nitrogen and oxygen atoms in total. The minimum atomic E-state index is -0.647. The van der Waals surface area contributed by atoms with E-state index < -0.39 is 5.97 Å². The van der Waals surface area contributed by atoms with Crippen LogP contribution in [0.5, 0.6) is 17.2 Å². The molecule has 0 amide bonds. The lowest BCUT2D eigenvalue weighted by Gasteiger charge is -2.02. The second-order valence-electron chi connectivity index (χ2n) is 2.29. The molecule has 0 unspecified atom stereocenters. The molecular formula is C8H7ClO4. The fourth-order valence-electron chi connectivity index (χ4n) is 0.786. The van der Waals surface area contributed by atoms with E-state index in [0.717, 1.165) is 6.07 Å². The van der Waals surface area contributed by atoms with Gasteiger partial charge in [0.2, 0.25) is 0 Å². The summed E-state index contributed by atoms with van der Waals surface area (Å²) in [4.78, 5) is 10.7. The van der Waals surface area contributed by atoms with Crippen LogP contribution in [0.4, 0.5) is 0 Å². The minimum Gasteiger partial charge on any atom is -0.508 e. The number of hydrogen-bond acceptors (Lipinski definition) is 4. The number of rotatable bonds is 2. The number of phenolic OH excluding ortho intramolecular Hbond substituents is 2. The van der Waals surface area contributed by atoms with Gasteiger partial charge >= 0.3 is 5.97 Å². The summed E-state index contributed by atoms with van der Waals surface area (Å²) in [5, 5.41) is 18.0. The Labute approximate surface area is 79.3 Å². The van der Waals surface area contributed by atoms with Crippen molar-refractivity contribution in [2.24, 2.45) is 0 Å². The highest BCUT2D eigenvalue weighted by Gasteiger charge is 2.04. The maximum atomic E-state index is 10.7. The third-order valence-corrected chi connectivity index (χ3v) is 1.44. The van der Waals surface area contributed by atoms with Gasteiger partial charge in [0.25, 0.3) is 0 Å². The maximum Gasteiger partial charge on any atom is 0.326 e. The number of esters is 1. The zero-order valence-corrected chi connectivity index (χ0v) is 7.28. The van der Waals surface area contributed by atoms with Crippen molar-refractivity contribution in [1.82, 2.24) is 0 Å². The van der Waals surface area contributed by atoms with Crippen molar-refractivity contribution in [3.8, 4) is 17.2 Å². The first-order chi connectivity index (χ1) is 6.11. The second-order valence-corrected chi connectivity index (χ2v) is 2.56. The molecule has 0 radical (unpaired) electrons. The molecule has 2 N–H and O–H groups in total. The first-order valence-electron chi connectivity index (χ1n) is 3.41. The molecule has 0 bridgehead atoms. The van der Waals surface area contributed by atoms with Gasteiger partial charge in [0.1, 0.15) is 23.1 Å². The highest BCUT2D eigenvalue weighted by atomic mass is 35.5. The molecule has 0 fully saturated rings. The molecular weight excluding hydrogens is 196 g/mol. The summed E-state index contributed by atoms with van der Waals surface area (Å²) >= 11 is 5.18. The van der Waals surface area contributed by atoms with Gasteiger partial charge in [-0.3, -0.25) is 4.79 Å². The van der Waals surface area contributed by atoms with Crippen molar-refractivity contribution >= 4 is 17.6 Å². The zero-order valence-electron chi connectivity index (χ0n) is 6.53. The standard InChI is InChI=1S/C8H7ClO4/c9-4-8(12)13-7-2-5(10)1-6(11)3-7/h1-3,10-11H,4H2. The lowest BCUT2D eigenvalue weighted by Crippen LogP contribution is -2.08. The maximum absolute atomic E-state index is 10.7. The van der Waals surface area contributed by atoms with Crippen LogP contribution in [0.25, 0.3) is 0 Å². The van der Waals surface area contributed by atoms with Crippen molar-refractivity contribution in [2.45, 2.75) is 0 Å². The summed E-state index contributed by atoms with van der Waals surface area (Å²) in [6, 6.07) is 3.52. The molecule has 1 aromatic carbocycles. The Kier molecular flexibility index (Phi) is 2.97. The highest BCUT2D eigenvalue weighted by molar-refractivity contribution is 6.26. The molecule has 13 heavy (non-hydrogen) atoms. The van der Waals surface area contributed by atoms with E-state index in [9.17, 15) is 4.79 Å². The normalized spacial score (nSPS) is 9.62. The van der Waals surface area contributed by atoms with E-state index in [1.54, 1.807) is 0 Å². The molecule has 0 saturated heterocycles. The quantitative estimate of drug-likeness (QED) is 0.430. The van der Waals surface area contributed by atoms with Gasteiger partial charge in [-0.05, 0) is 0 Å². The Hall–Kier alpha value is -1.42. The number of benzene rings is 1. The third kappa shape index (κ3) is 2.83. The van der Waals surface area contributed by atoms with Crippen LogP contribution in [-0.2, 0) is 4.79 Å². The molecule has 0 aromatic heterocycles. The van der Waals surface area contributed by atoms with Gasteiger partial charge in [0.15, 0.2) is 0 Å². The van der Waals surface area contributed by atoms with Crippen molar-refractivity contribution in [1.29, 1.82) is 0 Å². The van der Waals surface area contributed by atoms with E-state index >= 15 is 0 Å². The van der Waals surface area contributed by atoms with Crippen molar-refractivity contribution in [3.05, 3.63) is 18.2 Å². The molecule has 0 aliphatic carbocycles. The number of hydrogen-bond donors (Lipinski definition) is 2. The molecule has 0 atom stereocenters. The van der Waals surface area contributed by atoms with Crippen molar-refractivity contribution < 1.29 is 19.7 Å². The number of ether oxygens (including phenoxy) is 1. The fraction of sp³-hybridized carbons (Fsp3) is 0.125. The van der Waals surface area contributed by atoms with E-state index in [0.29, 0.717) is 0 Å². The van der Waals surface area contributed by atoms with Gasteiger partial charge in [-0.15, -0.1) is 11.6 Å². The smallest absolute Gasteiger partial charge is 0.326 e. The van der Waals surface area contributed by atoms with Crippen LogP contribution in [0.3, 0.4) is 0 Å². The lowest BCUT2D eigenvalue weighted by atomic mass is 10.3. The van der Waals surface area contributed by atoms with Crippen LogP contribution >= 0.6 is 11.6 Å². The molecule has 1 aromatic rings. The fourth-order valence-corrected chi connectivity index (χ4v) is 0.840. The summed E-state index contributed by atoms with van der Waals surface area (Å²) < 4.78 is 4.63. The van der Waals surface area contributed by atoms with E-state index in [1.165, 1.54) is 12.1 Å². The average molecular weight is 203 g/mol. The Morgan fingerprint density at radius 3 is 2.31 bits per heavy atom. The van der Waals surface area contributed by atoms with Gasteiger partial charge in [0, 0.05) is 18.2 Å². The Balaban J connectivity index is 2.83. The Morgan fingerprint density at radius 1 is 1.31 bits per heavy atom. The molecule has 0 saturated carbocycles. The van der Waals surface area contributed by atoms with Gasteiger partial charge in [0.05, 0.1) is 0 Å². The molecule has 0 aliphatic heterocycles. The number of aromatic hydroxyl groups is 2. The monoisotopic (exact) mass is 202 g/mol. The molecule has 0 spiro atoms. The summed E-state index contributed by atoms with van der Waals surface area (Å²) in [6.45, 7) is 0. The number of alkyl halides is 1. The number of halogens is 1. The number of carbonyl (C=O) groups excluding carboxylic acids is 1. The topological polar surface area (TPSA) is 66.8 Å². The molecule has 0 heterocycles. The first kappa shape index (κ1) is 9.67.